The average molecular weight is 719 g/mol. The summed E-state index contributed by atoms with van der Waals surface area (Å²) in [5, 5.41) is 8.23. The standard InChI is InChI=1S/C51H34N4O/c1-3-16-34(17-4-1)49-52-50(35-18-5-2-6-19-35)54-51(53-49)41-30-36(29-40-45-37-20-10-7-15-33(37)25-28-44(45)56-48(40)41)55-42-26-23-31-13-8-11-21-38(31)46(42)47-39-22-12-9-14-32(39)24-27-43(47)55/h1,3-5,7-31,38H,2,6H2. The molecule has 3 aromatic heterocycles. The molecule has 2 atom stereocenters. The van der Waals surface area contributed by atoms with E-state index in [1.807, 2.05) is 18.2 Å². The van der Waals surface area contributed by atoms with E-state index in [4.69, 9.17) is 19.4 Å². The van der Waals surface area contributed by atoms with Crippen molar-refractivity contribution in [2.45, 2.75) is 18.8 Å². The highest BCUT2D eigenvalue weighted by Crippen LogP contribution is 2.48. The number of nitrogens with zero attached hydrogens (tertiary/aromatic N) is 4. The lowest BCUT2D eigenvalue weighted by Gasteiger charge is -2.26. The first-order valence-corrected chi connectivity index (χ1v) is 19.4. The monoisotopic (exact) mass is 718 g/mol. The molecule has 6 aromatic carbocycles. The smallest absolute Gasteiger partial charge is 0.167 e. The molecule has 0 saturated heterocycles. The molecule has 0 radical (unpaired) electrons. The molecule has 0 N–H and O–H groups in total. The third-order valence-corrected chi connectivity index (χ3v) is 11.8. The van der Waals surface area contributed by atoms with Crippen LogP contribution in [-0.4, -0.2) is 19.5 Å². The molecule has 0 bridgehead atoms. The van der Waals surface area contributed by atoms with Gasteiger partial charge in [0.1, 0.15) is 11.2 Å². The summed E-state index contributed by atoms with van der Waals surface area (Å²) in [6.07, 6.45) is 22.3. The number of fused-ring (bicyclic) bond motifs is 12. The van der Waals surface area contributed by atoms with Gasteiger partial charge in [0.05, 0.1) is 16.8 Å². The molecule has 12 rings (SSSR count). The second kappa shape index (κ2) is 12.2. The number of aromatic nitrogens is 4. The summed E-state index contributed by atoms with van der Waals surface area (Å²) in [6, 6.07) is 40.9. The predicted molar refractivity (Wildman–Crippen MR) is 230 cm³/mol. The van der Waals surface area contributed by atoms with Crippen LogP contribution >= 0.6 is 0 Å². The molecular formula is C51H34N4O. The minimum absolute atomic E-state index is 0.229. The SMILES string of the molecule is C1=CC2C=Cc3c(c4c5ccccc5ccc4n3-c3cc(-c4nc(C5=CCCC=C5)nc(-c5ccccc5)n4)c4oc5ccc6ccccc6c5c4c3)C2C=C1. The lowest BCUT2D eigenvalue weighted by Crippen LogP contribution is -2.14. The van der Waals surface area contributed by atoms with Crippen LogP contribution in [0.4, 0.5) is 0 Å². The van der Waals surface area contributed by atoms with Gasteiger partial charge in [0.2, 0.25) is 0 Å². The van der Waals surface area contributed by atoms with Gasteiger partial charge < -0.3 is 8.98 Å². The van der Waals surface area contributed by atoms with Crippen LogP contribution in [0.25, 0.3) is 94.5 Å². The normalized spacial score (nSPS) is 17.3. The van der Waals surface area contributed by atoms with Crippen LogP contribution in [-0.2, 0) is 0 Å². The largest absolute Gasteiger partial charge is 0.455 e. The first-order chi connectivity index (χ1) is 27.8. The predicted octanol–water partition coefficient (Wildman–Crippen LogP) is 12.9. The minimum atomic E-state index is 0.229. The van der Waals surface area contributed by atoms with Crippen molar-refractivity contribution in [3.63, 3.8) is 0 Å². The molecule has 264 valence electrons. The fourth-order valence-electron chi connectivity index (χ4n) is 9.24. The van der Waals surface area contributed by atoms with Crippen molar-refractivity contribution < 1.29 is 4.42 Å². The molecule has 5 nitrogen and oxygen atoms in total. The van der Waals surface area contributed by atoms with Crippen molar-refractivity contribution >= 4 is 66.0 Å². The number of benzene rings is 6. The molecule has 0 fully saturated rings. The van der Waals surface area contributed by atoms with E-state index < -0.39 is 0 Å². The Morgan fingerprint density at radius 2 is 1.36 bits per heavy atom. The van der Waals surface area contributed by atoms with Crippen molar-refractivity contribution in [3.05, 3.63) is 181 Å². The first-order valence-electron chi connectivity index (χ1n) is 19.4. The second-order valence-corrected chi connectivity index (χ2v) is 15.0. The number of furan rings is 1. The zero-order valence-electron chi connectivity index (χ0n) is 30.4. The summed E-state index contributed by atoms with van der Waals surface area (Å²) in [6.45, 7) is 0. The molecule has 3 heterocycles. The van der Waals surface area contributed by atoms with Gasteiger partial charge in [-0.3, -0.25) is 0 Å². The topological polar surface area (TPSA) is 56.7 Å². The molecule has 0 amide bonds. The van der Waals surface area contributed by atoms with Gasteiger partial charge in [0.25, 0.3) is 0 Å². The highest BCUT2D eigenvalue weighted by molar-refractivity contribution is 6.21. The molecule has 3 aliphatic rings. The summed E-state index contributed by atoms with van der Waals surface area (Å²) in [4.78, 5) is 15.6. The zero-order valence-corrected chi connectivity index (χ0v) is 30.4. The lowest BCUT2D eigenvalue weighted by atomic mass is 9.78. The molecule has 0 spiro atoms. The third-order valence-electron chi connectivity index (χ3n) is 11.8. The molecule has 2 unspecified atom stereocenters. The quantitative estimate of drug-likeness (QED) is 0.182. The summed E-state index contributed by atoms with van der Waals surface area (Å²) < 4.78 is 9.36. The van der Waals surface area contributed by atoms with E-state index in [0.29, 0.717) is 23.4 Å². The molecule has 0 aliphatic heterocycles. The summed E-state index contributed by atoms with van der Waals surface area (Å²) >= 11 is 0. The van der Waals surface area contributed by atoms with Crippen LogP contribution in [0.5, 0.6) is 0 Å². The van der Waals surface area contributed by atoms with E-state index in [1.54, 1.807) is 0 Å². The van der Waals surface area contributed by atoms with Gasteiger partial charge >= 0.3 is 0 Å². The highest BCUT2D eigenvalue weighted by atomic mass is 16.3. The molecule has 56 heavy (non-hydrogen) atoms. The number of rotatable bonds is 4. The van der Waals surface area contributed by atoms with Gasteiger partial charge in [0.15, 0.2) is 17.5 Å². The van der Waals surface area contributed by atoms with Crippen molar-refractivity contribution in [1.82, 2.24) is 19.5 Å². The Hall–Kier alpha value is -7.11. The third kappa shape index (κ3) is 4.70. The van der Waals surface area contributed by atoms with Crippen molar-refractivity contribution in [1.29, 1.82) is 0 Å². The fourth-order valence-corrected chi connectivity index (χ4v) is 9.24. The number of hydrogen-bond donors (Lipinski definition) is 0. The Morgan fingerprint density at radius 1 is 0.607 bits per heavy atom. The van der Waals surface area contributed by atoms with Gasteiger partial charge in [0, 0.05) is 44.8 Å². The first kappa shape index (κ1) is 31.3. The van der Waals surface area contributed by atoms with Crippen LogP contribution in [0.1, 0.15) is 35.8 Å². The van der Waals surface area contributed by atoms with Gasteiger partial charge in [-0.05, 0) is 70.3 Å². The fraction of sp³-hybridized carbons (Fsp3) is 0.0784. The molecule has 9 aromatic rings. The van der Waals surface area contributed by atoms with Crippen LogP contribution in [0.2, 0.25) is 0 Å². The molecular weight excluding hydrogens is 685 g/mol. The minimum Gasteiger partial charge on any atom is -0.455 e. The van der Waals surface area contributed by atoms with E-state index >= 15 is 0 Å². The zero-order chi connectivity index (χ0) is 36.7. The second-order valence-electron chi connectivity index (χ2n) is 15.0. The molecule has 3 aliphatic carbocycles. The van der Waals surface area contributed by atoms with Gasteiger partial charge in [-0.1, -0.05) is 140 Å². The maximum atomic E-state index is 6.91. The van der Waals surface area contributed by atoms with Gasteiger partial charge in [-0.15, -0.1) is 0 Å². The van der Waals surface area contributed by atoms with Crippen LogP contribution in [0, 0.1) is 5.92 Å². The summed E-state index contributed by atoms with van der Waals surface area (Å²) in [5.74, 6) is 2.40. The van der Waals surface area contributed by atoms with Crippen molar-refractivity contribution in [3.8, 4) is 28.5 Å². The van der Waals surface area contributed by atoms with Crippen molar-refractivity contribution in [2.75, 3.05) is 0 Å². The van der Waals surface area contributed by atoms with Crippen LogP contribution in [0.15, 0.2) is 168 Å². The molecule has 0 saturated carbocycles. The van der Waals surface area contributed by atoms with E-state index in [1.165, 1.54) is 38.3 Å². The maximum absolute atomic E-state index is 6.91. The Bertz CT molecular complexity index is 3260. The number of allylic oxidation sites excluding steroid dienone is 9. The van der Waals surface area contributed by atoms with E-state index in [-0.39, 0.29) is 5.92 Å². The average Bonchev–Trinajstić information content (AvgIpc) is 3.83. The Morgan fingerprint density at radius 3 is 2.20 bits per heavy atom. The Balaban J connectivity index is 1.22. The Kier molecular flexibility index (Phi) is 6.81. The number of hydrogen-bond acceptors (Lipinski definition) is 4. The summed E-state index contributed by atoms with van der Waals surface area (Å²) in [7, 11) is 0. The van der Waals surface area contributed by atoms with E-state index in [0.717, 1.165) is 62.6 Å². The van der Waals surface area contributed by atoms with Crippen LogP contribution in [0.3, 0.4) is 0 Å². The van der Waals surface area contributed by atoms with E-state index in [9.17, 15) is 0 Å². The highest BCUT2D eigenvalue weighted by Gasteiger charge is 2.32. The van der Waals surface area contributed by atoms with Gasteiger partial charge in [-0.2, -0.15) is 0 Å². The lowest BCUT2D eigenvalue weighted by molar-refractivity contribution is 0.669. The van der Waals surface area contributed by atoms with Crippen LogP contribution < -0.4 is 0 Å². The van der Waals surface area contributed by atoms with Gasteiger partial charge in [-0.25, -0.2) is 15.0 Å². The Labute approximate surface area is 323 Å². The maximum Gasteiger partial charge on any atom is 0.167 e. The van der Waals surface area contributed by atoms with E-state index in [2.05, 4.69) is 156 Å². The molecule has 5 heteroatoms. The van der Waals surface area contributed by atoms with Crippen molar-refractivity contribution in [2.24, 2.45) is 5.92 Å². The summed E-state index contributed by atoms with van der Waals surface area (Å²) in [5.41, 5.74) is 9.12.